The van der Waals surface area contributed by atoms with Crippen LogP contribution in [0.1, 0.15) is 22.6 Å². The highest BCUT2D eigenvalue weighted by Crippen LogP contribution is 2.51. The zero-order chi connectivity index (χ0) is 16.6. The molecule has 0 heteroatoms. The summed E-state index contributed by atoms with van der Waals surface area (Å²) in [6, 6.07) is 37.1. The van der Waals surface area contributed by atoms with Gasteiger partial charge in [0.2, 0.25) is 0 Å². The SMILES string of the molecule is c1ccc(-c2cccc3c2-c2ccccc2C3c2ccccc2)cc1. The molecule has 1 unspecified atom stereocenters. The van der Waals surface area contributed by atoms with Gasteiger partial charge in [-0.2, -0.15) is 0 Å². The highest BCUT2D eigenvalue weighted by molar-refractivity contribution is 5.92. The molecular weight excluding hydrogens is 300 g/mol. The Morgan fingerprint density at radius 1 is 0.440 bits per heavy atom. The number of hydrogen-bond acceptors (Lipinski definition) is 0. The monoisotopic (exact) mass is 318 g/mol. The fourth-order valence-corrected chi connectivity index (χ4v) is 4.12. The first-order valence-corrected chi connectivity index (χ1v) is 8.76. The molecule has 1 aliphatic rings. The van der Waals surface area contributed by atoms with Crippen molar-refractivity contribution in [2.45, 2.75) is 5.92 Å². The minimum absolute atomic E-state index is 0.316. The lowest BCUT2D eigenvalue weighted by atomic mass is 9.88. The van der Waals surface area contributed by atoms with Gasteiger partial charge in [-0.05, 0) is 38.9 Å². The Morgan fingerprint density at radius 2 is 1.04 bits per heavy atom. The van der Waals surface area contributed by atoms with E-state index in [1.807, 2.05) is 0 Å². The molecule has 1 atom stereocenters. The quantitative estimate of drug-likeness (QED) is 0.348. The molecule has 1 aliphatic carbocycles. The maximum Gasteiger partial charge on any atom is 0.0352 e. The fourth-order valence-electron chi connectivity index (χ4n) is 4.12. The molecule has 25 heavy (non-hydrogen) atoms. The Morgan fingerprint density at radius 3 is 1.84 bits per heavy atom. The van der Waals surface area contributed by atoms with Gasteiger partial charge in [0, 0.05) is 5.92 Å². The van der Waals surface area contributed by atoms with Crippen molar-refractivity contribution in [3.05, 3.63) is 120 Å². The molecule has 0 radical (unpaired) electrons. The molecule has 0 saturated carbocycles. The Kier molecular flexibility index (Phi) is 3.28. The predicted octanol–water partition coefficient (Wildman–Crippen LogP) is 6.51. The molecule has 5 rings (SSSR count). The third-order valence-electron chi connectivity index (χ3n) is 5.17. The highest BCUT2D eigenvalue weighted by atomic mass is 14.3. The Labute approximate surface area is 148 Å². The molecule has 0 saturated heterocycles. The topological polar surface area (TPSA) is 0 Å². The third kappa shape index (κ3) is 2.22. The van der Waals surface area contributed by atoms with E-state index in [9.17, 15) is 0 Å². The number of rotatable bonds is 2. The van der Waals surface area contributed by atoms with Crippen LogP contribution in [0.2, 0.25) is 0 Å². The molecule has 0 spiro atoms. The summed E-state index contributed by atoms with van der Waals surface area (Å²) in [5, 5.41) is 0. The number of hydrogen-bond donors (Lipinski definition) is 0. The van der Waals surface area contributed by atoms with Crippen molar-refractivity contribution < 1.29 is 0 Å². The van der Waals surface area contributed by atoms with Crippen LogP contribution in [-0.2, 0) is 0 Å². The lowest BCUT2D eigenvalue weighted by Gasteiger charge is -2.15. The second-order valence-electron chi connectivity index (χ2n) is 6.57. The van der Waals surface area contributed by atoms with Crippen molar-refractivity contribution in [3.8, 4) is 22.3 Å². The van der Waals surface area contributed by atoms with Crippen molar-refractivity contribution in [2.75, 3.05) is 0 Å². The minimum atomic E-state index is 0.316. The van der Waals surface area contributed by atoms with Crippen molar-refractivity contribution in [1.29, 1.82) is 0 Å². The van der Waals surface area contributed by atoms with Crippen LogP contribution in [0.15, 0.2) is 103 Å². The van der Waals surface area contributed by atoms with Gasteiger partial charge in [0.05, 0.1) is 0 Å². The molecule has 0 aromatic heterocycles. The van der Waals surface area contributed by atoms with Crippen LogP contribution >= 0.6 is 0 Å². The van der Waals surface area contributed by atoms with Gasteiger partial charge in [-0.15, -0.1) is 0 Å². The van der Waals surface area contributed by atoms with Gasteiger partial charge in [0.15, 0.2) is 0 Å². The number of fused-ring (bicyclic) bond motifs is 3. The Balaban J connectivity index is 1.82. The van der Waals surface area contributed by atoms with E-state index in [-0.39, 0.29) is 0 Å². The van der Waals surface area contributed by atoms with Gasteiger partial charge in [0.25, 0.3) is 0 Å². The summed E-state index contributed by atoms with van der Waals surface area (Å²) < 4.78 is 0. The molecule has 0 nitrogen and oxygen atoms in total. The highest BCUT2D eigenvalue weighted by Gasteiger charge is 2.31. The lowest BCUT2D eigenvalue weighted by molar-refractivity contribution is 1.02. The average Bonchev–Trinajstić information content (AvgIpc) is 3.04. The standard InChI is InChI=1S/C25H18/c1-3-10-18(11-4-1)20-16-9-17-23-24(19-12-5-2-6-13-19)21-14-7-8-15-22(21)25(20)23/h1-17,24H. The molecule has 0 fully saturated rings. The van der Waals surface area contributed by atoms with Crippen molar-refractivity contribution in [1.82, 2.24) is 0 Å². The van der Waals surface area contributed by atoms with E-state index in [2.05, 4.69) is 103 Å². The second-order valence-corrected chi connectivity index (χ2v) is 6.57. The molecule has 0 N–H and O–H groups in total. The van der Waals surface area contributed by atoms with E-state index in [0.29, 0.717) is 5.92 Å². The van der Waals surface area contributed by atoms with Crippen LogP contribution in [0.25, 0.3) is 22.3 Å². The Bertz CT molecular complexity index is 1030. The Hall–Kier alpha value is -3.12. The molecule has 4 aromatic rings. The molecule has 0 aliphatic heterocycles. The zero-order valence-electron chi connectivity index (χ0n) is 13.9. The summed E-state index contributed by atoms with van der Waals surface area (Å²) in [4.78, 5) is 0. The lowest BCUT2D eigenvalue weighted by Crippen LogP contribution is -1.98. The molecule has 0 amide bonds. The van der Waals surface area contributed by atoms with E-state index >= 15 is 0 Å². The summed E-state index contributed by atoms with van der Waals surface area (Å²) in [6.45, 7) is 0. The molecular formula is C25H18. The molecule has 118 valence electrons. The fraction of sp³-hybridized carbons (Fsp3) is 0.0400. The van der Waals surface area contributed by atoms with Crippen LogP contribution in [0.5, 0.6) is 0 Å². The largest absolute Gasteiger partial charge is 0.0622 e. The molecule has 0 heterocycles. The summed E-state index contributed by atoms with van der Waals surface area (Å²) in [6.07, 6.45) is 0. The van der Waals surface area contributed by atoms with Crippen LogP contribution in [0.3, 0.4) is 0 Å². The third-order valence-corrected chi connectivity index (χ3v) is 5.17. The number of benzene rings is 4. The second kappa shape index (κ2) is 5.75. The first kappa shape index (κ1) is 14.2. The van der Waals surface area contributed by atoms with Gasteiger partial charge in [-0.1, -0.05) is 103 Å². The molecule has 4 aromatic carbocycles. The van der Waals surface area contributed by atoms with E-state index in [0.717, 1.165) is 0 Å². The average molecular weight is 318 g/mol. The molecule has 0 bridgehead atoms. The summed E-state index contributed by atoms with van der Waals surface area (Å²) >= 11 is 0. The first-order chi connectivity index (χ1) is 12.4. The van der Waals surface area contributed by atoms with Gasteiger partial charge >= 0.3 is 0 Å². The van der Waals surface area contributed by atoms with E-state index in [4.69, 9.17) is 0 Å². The summed E-state index contributed by atoms with van der Waals surface area (Å²) in [5.74, 6) is 0.316. The van der Waals surface area contributed by atoms with Gasteiger partial charge < -0.3 is 0 Å². The smallest absolute Gasteiger partial charge is 0.0352 e. The predicted molar refractivity (Wildman–Crippen MR) is 105 cm³/mol. The zero-order valence-corrected chi connectivity index (χ0v) is 13.9. The van der Waals surface area contributed by atoms with Gasteiger partial charge in [-0.25, -0.2) is 0 Å². The van der Waals surface area contributed by atoms with Crippen molar-refractivity contribution in [3.63, 3.8) is 0 Å². The minimum Gasteiger partial charge on any atom is -0.0622 e. The van der Waals surface area contributed by atoms with Gasteiger partial charge in [-0.3, -0.25) is 0 Å². The maximum atomic E-state index is 2.29. The van der Waals surface area contributed by atoms with E-state index in [1.165, 1.54) is 38.9 Å². The van der Waals surface area contributed by atoms with E-state index in [1.54, 1.807) is 0 Å². The maximum absolute atomic E-state index is 2.29. The summed E-state index contributed by atoms with van der Waals surface area (Å²) in [7, 11) is 0. The van der Waals surface area contributed by atoms with Crippen molar-refractivity contribution >= 4 is 0 Å². The van der Waals surface area contributed by atoms with Crippen molar-refractivity contribution in [2.24, 2.45) is 0 Å². The summed E-state index contributed by atoms with van der Waals surface area (Å²) in [5.41, 5.74) is 9.54. The first-order valence-electron chi connectivity index (χ1n) is 8.76. The van der Waals surface area contributed by atoms with Crippen LogP contribution in [0, 0.1) is 0 Å². The van der Waals surface area contributed by atoms with Gasteiger partial charge in [0.1, 0.15) is 0 Å². The van der Waals surface area contributed by atoms with Crippen LogP contribution in [0.4, 0.5) is 0 Å². The van der Waals surface area contributed by atoms with Crippen LogP contribution < -0.4 is 0 Å². The van der Waals surface area contributed by atoms with Crippen LogP contribution in [-0.4, -0.2) is 0 Å². The van der Waals surface area contributed by atoms with E-state index < -0.39 is 0 Å². The normalized spacial score (nSPS) is 14.8.